The molecule has 2 rings (SSSR count). The Morgan fingerprint density at radius 1 is 1.25 bits per heavy atom. The van der Waals surface area contributed by atoms with E-state index in [1.165, 1.54) is 0 Å². The Kier molecular flexibility index (Phi) is 3.34. The molecule has 0 aliphatic heterocycles. The van der Waals surface area contributed by atoms with Gasteiger partial charge in [0.2, 0.25) is 0 Å². The second-order valence-corrected chi connectivity index (χ2v) is 3.53. The summed E-state index contributed by atoms with van der Waals surface area (Å²) >= 11 is 5.99. The molecule has 2 N–H and O–H groups in total. The first-order valence-electron chi connectivity index (χ1n) is 4.74. The van der Waals surface area contributed by atoms with Crippen LogP contribution in [0.15, 0.2) is 36.5 Å². The predicted molar refractivity (Wildman–Crippen MR) is 62.7 cm³/mol. The Hall–Kier alpha value is -1.65. The minimum absolute atomic E-state index is 0.182. The minimum Gasteiger partial charge on any atom is -0.388 e. The van der Waals surface area contributed by atoms with Gasteiger partial charge in [-0.25, -0.2) is 9.97 Å². The molecule has 5 heteroatoms. The quantitative estimate of drug-likeness (QED) is 0.858. The zero-order valence-electron chi connectivity index (χ0n) is 8.39. The molecular formula is C11H10ClN3O. The topological polar surface area (TPSA) is 58.0 Å². The lowest BCUT2D eigenvalue weighted by atomic mass is 10.3. The van der Waals surface area contributed by atoms with Crippen LogP contribution in [0.1, 0.15) is 5.82 Å². The lowest BCUT2D eigenvalue weighted by molar-refractivity contribution is 0.271. The maximum atomic E-state index is 8.90. The number of nitrogens with one attached hydrogen (secondary N) is 1. The number of para-hydroxylation sites is 1. The van der Waals surface area contributed by atoms with E-state index in [-0.39, 0.29) is 6.61 Å². The van der Waals surface area contributed by atoms with Gasteiger partial charge in [0.25, 0.3) is 0 Å². The predicted octanol–water partition coefficient (Wildman–Crippen LogP) is 2.37. The summed E-state index contributed by atoms with van der Waals surface area (Å²) in [6.45, 7) is -0.182. The molecule has 82 valence electrons. The van der Waals surface area contributed by atoms with Gasteiger partial charge in [-0.15, -0.1) is 0 Å². The standard InChI is InChI=1S/C11H10ClN3O/c12-8-3-1-2-4-9(8)14-10-5-6-13-11(7-16)15-10/h1-6,16H,7H2,(H,13,14,15). The Balaban J connectivity index is 2.24. The second kappa shape index (κ2) is 4.92. The molecule has 0 amide bonds. The van der Waals surface area contributed by atoms with Crippen LogP contribution in [-0.4, -0.2) is 15.1 Å². The molecule has 1 aromatic carbocycles. The van der Waals surface area contributed by atoms with Gasteiger partial charge in [0.1, 0.15) is 12.4 Å². The molecule has 0 aliphatic carbocycles. The van der Waals surface area contributed by atoms with Crippen molar-refractivity contribution >= 4 is 23.1 Å². The number of halogens is 1. The van der Waals surface area contributed by atoms with E-state index in [1.807, 2.05) is 18.2 Å². The fourth-order valence-electron chi connectivity index (χ4n) is 1.25. The summed E-state index contributed by atoms with van der Waals surface area (Å²) in [5, 5.41) is 12.6. The number of anilines is 2. The molecule has 2 aromatic rings. The van der Waals surface area contributed by atoms with Crippen molar-refractivity contribution in [1.82, 2.24) is 9.97 Å². The molecule has 0 fully saturated rings. The smallest absolute Gasteiger partial charge is 0.156 e. The van der Waals surface area contributed by atoms with Gasteiger partial charge >= 0.3 is 0 Å². The number of aliphatic hydroxyl groups is 1. The molecule has 1 aromatic heterocycles. The molecule has 16 heavy (non-hydrogen) atoms. The minimum atomic E-state index is -0.182. The van der Waals surface area contributed by atoms with Crippen LogP contribution < -0.4 is 5.32 Å². The fraction of sp³-hybridized carbons (Fsp3) is 0.0909. The van der Waals surface area contributed by atoms with Gasteiger partial charge in [-0.1, -0.05) is 23.7 Å². The molecule has 0 atom stereocenters. The van der Waals surface area contributed by atoms with Crippen molar-refractivity contribution in [2.24, 2.45) is 0 Å². The van der Waals surface area contributed by atoms with Gasteiger partial charge in [-0.05, 0) is 18.2 Å². The molecule has 0 unspecified atom stereocenters. The lowest BCUT2D eigenvalue weighted by Crippen LogP contribution is -1.99. The van der Waals surface area contributed by atoms with Gasteiger partial charge in [-0.2, -0.15) is 0 Å². The number of benzene rings is 1. The summed E-state index contributed by atoms with van der Waals surface area (Å²) in [7, 11) is 0. The first kappa shape index (κ1) is 10.9. The van der Waals surface area contributed by atoms with E-state index in [2.05, 4.69) is 15.3 Å². The van der Waals surface area contributed by atoms with Crippen molar-refractivity contribution in [3.63, 3.8) is 0 Å². The summed E-state index contributed by atoms with van der Waals surface area (Å²) in [6.07, 6.45) is 1.58. The normalized spacial score (nSPS) is 10.1. The van der Waals surface area contributed by atoms with Crippen molar-refractivity contribution in [3.8, 4) is 0 Å². The van der Waals surface area contributed by atoms with Gasteiger partial charge in [-0.3, -0.25) is 0 Å². The Labute approximate surface area is 97.9 Å². The number of nitrogens with zero attached hydrogens (tertiary/aromatic N) is 2. The largest absolute Gasteiger partial charge is 0.388 e. The maximum Gasteiger partial charge on any atom is 0.156 e. The maximum absolute atomic E-state index is 8.90. The third kappa shape index (κ3) is 2.48. The van der Waals surface area contributed by atoms with E-state index in [1.54, 1.807) is 18.3 Å². The van der Waals surface area contributed by atoms with Crippen LogP contribution in [0.5, 0.6) is 0 Å². The molecule has 1 heterocycles. The van der Waals surface area contributed by atoms with Crippen LogP contribution in [0, 0.1) is 0 Å². The van der Waals surface area contributed by atoms with Crippen molar-refractivity contribution in [2.75, 3.05) is 5.32 Å². The molecular weight excluding hydrogens is 226 g/mol. The SMILES string of the molecule is OCc1nccc(Nc2ccccc2Cl)n1. The second-order valence-electron chi connectivity index (χ2n) is 3.12. The summed E-state index contributed by atoms with van der Waals surface area (Å²) in [4.78, 5) is 7.98. The highest BCUT2D eigenvalue weighted by molar-refractivity contribution is 6.33. The fourth-order valence-corrected chi connectivity index (χ4v) is 1.43. The average molecular weight is 236 g/mol. The summed E-state index contributed by atoms with van der Waals surface area (Å²) in [5.74, 6) is 0.976. The van der Waals surface area contributed by atoms with E-state index in [0.29, 0.717) is 16.7 Å². The average Bonchev–Trinajstić information content (AvgIpc) is 2.32. The lowest BCUT2D eigenvalue weighted by Gasteiger charge is -2.07. The van der Waals surface area contributed by atoms with Gasteiger partial charge in [0, 0.05) is 6.20 Å². The third-order valence-electron chi connectivity index (χ3n) is 1.98. The highest BCUT2D eigenvalue weighted by atomic mass is 35.5. The molecule has 0 saturated heterocycles. The molecule has 0 bridgehead atoms. The first-order chi connectivity index (χ1) is 7.79. The van der Waals surface area contributed by atoms with Crippen molar-refractivity contribution < 1.29 is 5.11 Å². The van der Waals surface area contributed by atoms with Crippen LogP contribution in [0.4, 0.5) is 11.5 Å². The number of rotatable bonds is 3. The van der Waals surface area contributed by atoms with Crippen LogP contribution in [0.2, 0.25) is 5.02 Å². The van der Waals surface area contributed by atoms with E-state index < -0.39 is 0 Å². The van der Waals surface area contributed by atoms with Crippen LogP contribution in [0.25, 0.3) is 0 Å². The molecule has 0 saturated carbocycles. The van der Waals surface area contributed by atoms with E-state index in [9.17, 15) is 0 Å². The molecule has 0 aliphatic rings. The highest BCUT2D eigenvalue weighted by Crippen LogP contribution is 2.23. The molecule has 0 spiro atoms. The number of aromatic nitrogens is 2. The van der Waals surface area contributed by atoms with Crippen molar-refractivity contribution in [1.29, 1.82) is 0 Å². The number of hydrogen-bond donors (Lipinski definition) is 2. The van der Waals surface area contributed by atoms with E-state index >= 15 is 0 Å². The molecule has 0 radical (unpaired) electrons. The Morgan fingerprint density at radius 3 is 2.81 bits per heavy atom. The number of aliphatic hydroxyl groups excluding tert-OH is 1. The summed E-state index contributed by atoms with van der Waals surface area (Å²) < 4.78 is 0. The monoisotopic (exact) mass is 235 g/mol. The van der Waals surface area contributed by atoms with E-state index in [0.717, 1.165) is 5.69 Å². The van der Waals surface area contributed by atoms with Crippen LogP contribution in [0.3, 0.4) is 0 Å². The number of hydrogen-bond acceptors (Lipinski definition) is 4. The zero-order valence-corrected chi connectivity index (χ0v) is 9.15. The van der Waals surface area contributed by atoms with Gasteiger partial charge in [0.05, 0.1) is 10.7 Å². The van der Waals surface area contributed by atoms with Gasteiger partial charge in [0.15, 0.2) is 5.82 Å². The van der Waals surface area contributed by atoms with Crippen molar-refractivity contribution in [3.05, 3.63) is 47.4 Å². The zero-order chi connectivity index (χ0) is 11.4. The van der Waals surface area contributed by atoms with E-state index in [4.69, 9.17) is 16.7 Å². The summed E-state index contributed by atoms with van der Waals surface area (Å²) in [6, 6.07) is 9.08. The van der Waals surface area contributed by atoms with Crippen LogP contribution in [-0.2, 0) is 6.61 Å². The van der Waals surface area contributed by atoms with Crippen molar-refractivity contribution in [2.45, 2.75) is 6.61 Å². The third-order valence-corrected chi connectivity index (χ3v) is 2.31. The Bertz CT molecular complexity index is 490. The Morgan fingerprint density at radius 2 is 2.06 bits per heavy atom. The highest BCUT2D eigenvalue weighted by Gasteiger charge is 2.01. The summed E-state index contributed by atoms with van der Waals surface area (Å²) in [5.41, 5.74) is 0.770. The molecule has 4 nitrogen and oxygen atoms in total. The van der Waals surface area contributed by atoms with Crippen LogP contribution >= 0.6 is 11.6 Å². The first-order valence-corrected chi connectivity index (χ1v) is 5.12. The van der Waals surface area contributed by atoms with Gasteiger partial charge < -0.3 is 10.4 Å².